The van der Waals surface area contributed by atoms with Crippen LogP contribution in [0.1, 0.15) is 18.4 Å². The quantitative estimate of drug-likeness (QED) is 0.711. The van der Waals surface area contributed by atoms with Gasteiger partial charge in [-0.05, 0) is 19.1 Å². The van der Waals surface area contributed by atoms with Crippen molar-refractivity contribution in [2.24, 2.45) is 0 Å². The van der Waals surface area contributed by atoms with Crippen molar-refractivity contribution in [3.05, 3.63) is 17.8 Å². The maximum atomic E-state index is 8.86. The molecule has 72 valence electrons. The molecular weight excluding hydrogens is 196 g/mol. The molecule has 0 atom stereocenters. The zero-order chi connectivity index (χ0) is 9.97. The Balaban J connectivity index is 2.22. The summed E-state index contributed by atoms with van der Waals surface area (Å²) in [6.07, 6.45) is 6.18. The average Bonchev–Trinajstić information content (AvgIpc) is 3.01. The molecular formula is C10H10N2OS. The van der Waals surface area contributed by atoms with Gasteiger partial charge in [-0.1, -0.05) is 0 Å². The van der Waals surface area contributed by atoms with Gasteiger partial charge in [0.25, 0.3) is 0 Å². The van der Waals surface area contributed by atoms with Gasteiger partial charge in [-0.2, -0.15) is 5.26 Å². The lowest BCUT2D eigenvalue weighted by Gasteiger charge is -2.05. The largest absolute Gasteiger partial charge is 0.489 e. The summed E-state index contributed by atoms with van der Waals surface area (Å²) in [6.45, 7) is 0. The fourth-order valence-electron chi connectivity index (χ4n) is 1.12. The van der Waals surface area contributed by atoms with Crippen molar-refractivity contribution in [1.82, 2.24) is 4.98 Å². The van der Waals surface area contributed by atoms with Gasteiger partial charge in [-0.3, -0.25) is 0 Å². The summed E-state index contributed by atoms with van der Waals surface area (Å²) in [4.78, 5) is 4.16. The van der Waals surface area contributed by atoms with Gasteiger partial charge in [0.15, 0.2) is 0 Å². The molecule has 0 saturated heterocycles. The number of thioether (sulfide) groups is 1. The smallest absolute Gasteiger partial charge is 0.139 e. The first-order chi connectivity index (χ1) is 6.83. The Labute approximate surface area is 87.1 Å². The SMILES string of the molecule is CSc1ncc(OC2CC2)cc1C#N. The van der Waals surface area contributed by atoms with Gasteiger partial charge in [-0.15, -0.1) is 11.8 Å². The second-order valence-corrected chi connectivity index (χ2v) is 3.95. The maximum absolute atomic E-state index is 8.86. The number of ether oxygens (including phenoxy) is 1. The Morgan fingerprint density at radius 3 is 3.00 bits per heavy atom. The van der Waals surface area contributed by atoms with E-state index in [1.165, 1.54) is 11.8 Å². The van der Waals surface area contributed by atoms with Crippen LogP contribution in [0.4, 0.5) is 0 Å². The molecule has 0 amide bonds. The fraction of sp³-hybridized carbons (Fsp3) is 0.400. The summed E-state index contributed by atoms with van der Waals surface area (Å²) in [5.74, 6) is 0.710. The number of nitrogens with zero attached hydrogens (tertiary/aromatic N) is 2. The van der Waals surface area contributed by atoms with Crippen LogP contribution >= 0.6 is 11.8 Å². The van der Waals surface area contributed by atoms with E-state index in [9.17, 15) is 0 Å². The molecule has 0 N–H and O–H groups in total. The van der Waals surface area contributed by atoms with E-state index in [4.69, 9.17) is 10.00 Å². The molecule has 4 heteroatoms. The van der Waals surface area contributed by atoms with Crippen molar-refractivity contribution in [3.63, 3.8) is 0 Å². The van der Waals surface area contributed by atoms with E-state index < -0.39 is 0 Å². The van der Waals surface area contributed by atoms with Crippen molar-refractivity contribution < 1.29 is 4.74 Å². The Morgan fingerprint density at radius 1 is 1.64 bits per heavy atom. The van der Waals surface area contributed by atoms with Gasteiger partial charge in [0.05, 0.1) is 17.9 Å². The van der Waals surface area contributed by atoms with Crippen LogP contribution < -0.4 is 4.74 Å². The summed E-state index contributed by atoms with van der Waals surface area (Å²) >= 11 is 1.47. The van der Waals surface area contributed by atoms with Gasteiger partial charge in [-0.25, -0.2) is 4.98 Å². The van der Waals surface area contributed by atoms with Gasteiger partial charge in [0.2, 0.25) is 0 Å². The summed E-state index contributed by atoms with van der Waals surface area (Å²) in [5, 5.41) is 9.62. The highest BCUT2D eigenvalue weighted by atomic mass is 32.2. The van der Waals surface area contributed by atoms with Crippen LogP contribution in [0.5, 0.6) is 5.75 Å². The van der Waals surface area contributed by atoms with Gasteiger partial charge in [0.1, 0.15) is 16.8 Å². The lowest BCUT2D eigenvalue weighted by molar-refractivity contribution is 0.301. The highest BCUT2D eigenvalue weighted by Crippen LogP contribution is 2.28. The third-order valence-corrected chi connectivity index (χ3v) is 2.68. The maximum Gasteiger partial charge on any atom is 0.139 e. The normalized spacial score (nSPS) is 14.9. The van der Waals surface area contributed by atoms with Crippen molar-refractivity contribution in [2.45, 2.75) is 24.0 Å². The van der Waals surface area contributed by atoms with Crippen LogP contribution in [0.15, 0.2) is 17.3 Å². The minimum absolute atomic E-state index is 0.350. The van der Waals surface area contributed by atoms with E-state index in [1.54, 1.807) is 12.3 Å². The first kappa shape index (κ1) is 9.35. The Morgan fingerprint density at radius 2 is 2.43 bits per heavy atom. The molecule has 0 unspecified atom stereocenters. The zero-order valence-electron chi connectivity index (χ0n) is 7.86. The van der Waals surface area contributed by atoms with Crippen molar-refractivity contribution in [2.75, 3.05) is 6.26 Å². The minimum Gasteiger partial charge on any atom is -0.489 e. The van der Waals surface area contributed by atoms with Crippen LogP contribution in [-0.4, -0.2) is 17.3 Å². The Kier molecular flexibility index (Phi) is 2.60. The van der Waals surface area contributed by atoms with Crippen molar-refractivity contribution in [3.8, 4) is 11.8 Å². The molecule has 0 aliphatic heterocycles. The van der Waals surface area contributed by atoms with Gasteiger partial charge >= 0.3 is 0 Å². The predicted molar refractivity (Wildman–Crippen MR) is 54.4 cm³/mol. The molecule has 0 bridgehead atoms. The Bertz CT molecular complexity index is 382. The van der Waals surface area contributed by atoms with E-state index >= 15 is 0 Å². The highest BCUT2D eigenvalue weighted by molar-refractivity contribution is 7.98. The van der Waals surface area contributed by atoms with E-state index in [0.29, 0.717) is 17.4 Å². The molecule has 1 aromatic heterocycles. The molecule has 1 fully saturated rings. The number of hydrogen-bond acceptors (Lipinski definition) is 4. The van der Waals surface area contributed by atoms with Crippen LogP contribution in [0.2, 0.25) is 0 Å². The molecule has 1 heterocycles. The van der Waals surface area contributed by atoms with E-state index in [-0.39, 0.29) is 0 Å². The summed E-state index contributed by atoms with van der Waals surface area (Å²) < 4.78 is 5.54. The molecule has 0 spiro atoms. The van der Waals surface area contributed by atoms with Crippen LogP contribution in [-0.2, 0) is 0 Å². The molecule has 14 heavy (non-hydrogen) atoms. The zero-order valence-corrected chi connectivity index (χ0v) is 8.67. The standard InChI is InChI=1S/C10H10N2OS/c1-14-10-7(5-11)4-9(6-12-10)13-8-2-3-8/h4,6,8H,2-3H2,1H3. The van der Waals surface area contributed by atoms with E-state index in [1.807, 2.05) is 6.26 Å². The number of nitriles is 1. The lowest BCUT2D eigenvalue weighted by Crippen LogP contribution is -1.97. The number of rotatable bonds is 3. The lowest BCUT2D eigenvalue weighted by atomic mass is 10.3. The van der Waals surface area contributed by atoms with Crippen LogP contribution in [0, 0.1) is 11.3 Å². The fourth-order valence-corrected chi connectivity index (χ4v) is 1.60. The second-order valence-electron chi connectivity index (χ2n) is 3.16. The van der Waals surface area contributed by atoms with E-state index in [2.05, 4.69) is 11.1 Å². The first-order valence-corrected chi connectivity index (χ1v) is 5.66. The summed E-state index contributed by atoms with van der Waals surface area (Å²) in [7, 11) is 0. The monoisotopic (exact) mass is 206 g/mol. The summed E-state index contributed by atoms with van der Waals surface area (Å²) in [6, 6.07) is 3.88. The first-order valence-electron chi connectivity index (χ1n) is 4.44. The molecule has 1 saturated carbocycles. The third-order valence-electron chi connectivity index (χ3n) is 1.97. The van der Waals surface area contributed by atoms with Crippen molar-refractivity contribution in [1.29, 1.82) is 5.26 Å². The molecule has 0 radical (unpaired) electrons. The van der Waals surface area contributed by atoms with E-state index in [0.717, 1.165) is 17.9 Å². The Hall–Kier alpha value is -1.21. The third kappa shape index (κ3) is 1.99. The topological polar surface area (TPSA) is 45.9 Å². The molecule has 1 aromatic rings. The number of aromatic nitrogens is 1. The van der Waals surface area contributed by atoms with Crippen LogP contribution in [0.3, 0.4) is 0 Å². The highest BCUT2D eigenvalue weighted by Gasteiger charge is 2.23. The molecule has 1 aliphatic rings. The molecule has 3 nitrogen and oxygen atoms in total. The number of pyridine rings is 1. The average molecular weight is 206 g/mol. The van der Waals surface area contributed by atoms with Crippen LogP contribution in [0.25, 0.3) is 0 Å². The summed E-state index contributed by atoms with van der Waals surface area (Å²) in [5.41, 5.74) is 0.593. The predicted octanol–water partition coefficient (Wildman–Crippen LogP) is 2.22. The van der Waals surface area contributed by atoms with Gasteiger partial charge < -0.3 is 4.74 Å². The molecule has 0 aromatic carbocycles. The molecule has 1 aliphatic carbocycles. The van der Waals surface area contributed by atoms with Crippen molar-refractivity contribution >= 4 is 11.8 Å². The molecule has 2 rings (SSSR count). The van der Waals surface area contributed by atoms with Gasteiger partial charge in [0, 0.05) is 6.07 Å². The number of hydrogen-bond donors (Lipinski definition) is 0. The minimum atomic E-state index is 0.350. The second kappa shape index (κ2) is 3.89.